The maximum absolute atomic E-state index is 9.97. The molecule has 0 rings (SSSR count). The summed E-state index contributed by atoms with van der Waals surface area (Å²) in [7, 11) is 1.67. The van der Waals surface area contributed by atoms with Gasteiger partial charge in [0.05, 0.1) is 6.10 Å². The van der Waals surface area contributed by atoms with Crippen molar-refractivity contribution < 1.29 is 9.53 Å². The Kier molecular flexibility index (Phi) is 4.85. The largest absolute Gasteiger partial charge is 0.381 e. The maximum atomic E-state index is 9.97. The number of carbonyl (C=O) groups excluding carboxylic acids is 1. The van der Waals surface area contributed by atoms with Gasteiger partial charge in [-0.05, 0) is 26.3 Å². The highest BCUT2D eigenvalue weighted by Crippen LogP contribution is 2.04. The van der Waals surface area contributed by atoms with E-state index in [4.69, 9.17) is 4.74 Å². The first kappa shape index (κ1) is 9.37. The molecule has 10 heavy (non-hydrogen) atoms. The van der Waals surface area contributed by atoms with Crippen molar-refractivity contribution in [1.82, 2.24) is 0 Å². The van der Waals surface area contributed by atoms with Crippen LogP contribution in [0.1, 0.15) is 20.3 Å². The van der Waals surface area contributed by atoms with Gasteiger partial charge in [0, 0.05) is 7.11 Å². The summed E-state index contributed by atoms with van der Waals surface area (Å²) in [5.41, 5.74) is 1.06. The maximum Gasteiger partial charge on any atom is 0.142 e. The van der Waals surface area contributed by atoms with Crippen LogP contribution >= 0.6 is 0 Å². The van der Waals surface area contributed by atoms with Crippen molar-refractivity contribution in [1.29, 1.82) is 0 Å². The van der Waals surface area contributed by atoms with E-state index in [9.17, 15) is 4.79 Å². The molecule has 0 aliphatic carbocycles. The van der Waals surface area contributed by atoms with E-state index in [1.807, 2.05) is 13.8 Å². The molecule has 0 radical (unpaired) electrons. The normalized spacial score (nSPS) is 14.9. The molecule has 1 unspecified atom stereocenters. The minimum atomic E-state index is 0.205. The Labute approximate surface area is 61.9 Å². The van der Waals surface area contributed by atoms with Gasteiger partial charge < -0.3 is 4.74 Å². The molecule has 0 aliphatic rings. The van der Waals surface area contributed by atoms with E-state index in [0.717, 1.165) is 18.3 Å². The van der Waals surface area contributed by atoms with Gasteiger partial charge in [-0.3, -0.25) is 4.79 Å². The molecule has 0 saturated carbocycles. The number of hydrogen-bond acceptors (Lipinski definition) is 2. The van der Waals surface area contributed by atoms with Crippen LogP contribution in [0.3, 0.4) is 0 Å². The van der Waals surface area contributed by atoms with Gasteiger partial charge in [-0.15, -0.1) is 0 Å². The van der Waals surface area contributed by atoms with Crippen molar-refractivity contribution in [2.75, 3.05) is 7.11 Å². The van der Waals surface area contributed by atoms with Gasteiger partial charge in [0.15, 0.2) is 0 Å². The number of methoxy groups -OCH3 is 1. The fourth-order valence-corrected chi connectivity index (χ4v) is 0.721. The van der Waals surface area contributed by atoms with Crippen molar-refractivity contribution in [3.63, 3.8) is 0 Å². The second-order valence-electron chi connectivity index (χ2n) is 2.40. The van der Waals surface area contributed by atoms with E-state index in [0.29, 0.717) is 0 Å². The van der Waals surface area contributed by atoms with Crippen molar-refractivity contribution in [3.05, 3.63) is 11.6 Å². The van der Waals surface area contributed by atoms with Crippen molar-refractivity contribution in [2.45, 2.75) is 26.4 Å². The van der Waals surface area contributed by atoms with Gasteiger partial charge in [0.1, 0.15) is 6.29 Å². The third kappa shape index (κ3) is 4.27. The Morgan fingerprint density at radius 2 is 2.30 bits per heavy atom. The van der Waals surface area contributed by atoms with Crippen LogP contribution in [0.25, 0.3) is 0 Å². The van der Waals surface area contributed by atoms with E-state index in [2.05, 4.69) is 0 Å². The quantitative estimate of drug-likeness (QED) is 0.440. The van der Waals surface area contributed by atoms with E-state index in [1.165, 1.54) is 0 Å². The molecular weight excluding hydrogens is 128 g/mol. The second-order valence-corrected chi connectivity index (χ2v) is 2.40. The monoisotopic (exact) mass is 142 g/mol. The van der Waals surface area contributed by atoms with Crippen LogP contribution in [0, 0.1) is 0 Å². The molecule has 0 aromatic carbocycles. The highest BCUT2D eigenvalue weighted by Gasteiger charge is 1.98. The first-order chi connectivity index (χ1) is 4.70. The average molecular weight is 142 g/mol. The number of ether oxygens (including phenoxy) is 1. The first-order valence-corrected chi connectivity index (χ1v) is 3.34. The Hall–Kier alpha value is -0.630. The lowest BCUT2D eigenvalue weighted by atomic mass is 10.1. The number of allylic oxidation sites excluding steroid dienone is 1. The molecule has 0 aliphatic heterocycles. The molecule has 0 aromatic rings. The predicted octanol–water partition coefficient (Wildman–Crippen LogP) is 1.56. The summed E-state index contributed by atoms with van der Waals surface area (Å²) in [6.45, 7) is 3.89. The van der Waals surface area contributed by atoms with Gasteiger partial charge in [0.25, 0.3) is 0 Å². The van der Waals surface area contributed by atoms with E-state index in [1.54, 1.807) is 13.2 Å². The average Bonchev–Trinajstić information content (AvgIpc) is 1.88. The predicted molar refractivity (Wildman–Crippen MR) is 40.9 cm³/mol. The summed E-state index contributed by atoms with van der Waals surface area (Å²) >= 11 is 0. The number of hydrogen-bond donors (Lipinski definition) is 0. The summed E-state index contributed by atoms with van der Waals surface area (Å²) < 4.78 is 5.01. The zero-order valence-electron chi connectivity index (χ0n) is 6.76. The number of rotatable bonds is 4. The molecule has 0 saturated heterocycles. The summed E-state index contributed by atoms with van der Waals surface area (Å²) in [5.74, 6) is 0. The second kappa shape index (κ2) is 5.18. The molecule has 0 heterocycles. The Balaban J connectivity index is 3.66. The minimum absolute atomic E-state index is 0.205. The summed E-state index contributed by atoms with van der Waals surface area (Å²) in [6.07, 6.45) is 3.40. The first-order valence-electron chi connectivity index (χ1n) is 3.34. The molecular formula is C8H14O2. The van der Waals surface area contributed by atoms with Crippen LogP contribution in [-0.4, -0.2) is 19.5 Å². The number of aldehydes is 1. The highest BCUT2D eigenvalue weighted by molar-refractivity contribution is 5.65. The fourth-order valence-electron chi connectivity index (χ4n) is 0.721. The fraction of sp³-hybridized carbons (Fsp3) is 0.625. The molecule has 1 atom stereocenters. The van der Waals surface area contributed by atoms with Gasteiger partial charge in [-0.2, -0.15) is 0 Å². The molecule has 58 valence electrons. The molecule has 2 nitrogen and oxygen atoms in total. The van der Waals surface area contributed by atoms with Crippen molar-refractivity contribution in [3.8, 4) is 0 Å². The summed E-state index contributed by atoms with van der Waals surface area (Å²) in [5, 5.41) is 0. The zero-order valence-corrected chi connectivity index (χ0v) is 6.76. The van der Waals surface area contributed by atoms with Gasteiger partial charge in [0.2, 0.25) is 0 Å². The SMILES string of the molecule is COC(C)CC(C)=CC=O. The molecule has 2 heteroatoms. The lowest BCUT2D eigenvalue weighted by Crippen LogP contribution is -2.04. The van der Waals surface area contributed by atoms with E-state index >= 15 is 0 Å². The van der Waals surface area contributed by atoms with Crippen LogP contribution < -0.4 is 0 Å². The summed E-state index contributed by atoms with van der Waals surface area (Å²) in [6, 6.07) is 0. The lowest BCUT2D eigenvalue weighted by Gasteiger charge is -2.07. The molecule has 0 aromatic heterocycles. The molecule has 0 spiro atoms. The minimum Gasteiger partial charge on any atom is -0.381 e. The van der Waals surface area contributed by atoms with Crippen LogP contribution in [0.15, 0.2) is 11.6 Å². The zero-order chi connectivity index (χ0) is 7.98. The van der Waals surface area contributed by atoms with Crippen molar-refractivity contribution >= 4 is 6.29 Å². The van der Waals surface area contributed by atoms with Crippen LogP contribution in [0.5, 0.6) is 0 Å². The lowest BCUT2D eigenvalue weighted by molar-refractivity contribution is -0.104. The van der Waals surface area contributed by atoms with Crippen molar-refractivity contribution in [2.24, 2.45) is 0 Å². The summed E-state index contributed by atoms with van der Waals surface area (Å²) in [4.78, 5) is 9.97. The third-order valence-corrected chi connectivity index (χ3v) is 1.36. The molecule has 0 fully saturated rings. The molecule has 0 amide bonds. The van der Waals surface area contributed by atoms with Crippen LogP contribution in [-0.2, 0) is 9.53 Å². The Morgan fingerprint density at radius 3 is 2.70 bits per heavy atom. The van der Waals surface area contributed by atoms with Crippen LogP contribution in [0.4, 0.5) is 0 Å². The van der Waals surface area contributed by atoms with E-state index < -0.39 is 0 Å². The highest BCUT2D eigenvalue weighted by atomic mass is 16.5. The molecule has 0 N–H and O–H groups in total. The van der Waals surface area contributed by atoms with Gasteiger partial charge in [-0.1, -0.05) is 5.57 Å². The Bertz CT molecular complexity index is 127. The van der Waals surface area contributed by atoms with Gasteiger partial charge >= 0.3 is 0 Å². The van der Waals surface area contributed by atoms with E-state index in [-0.39, 0.29) is 6.10 Å². The smallest absolute Gasteiger partial charge is 0.142 e. The number of carbonyl (C=O) groups is 1. The Morgan fingerprint density at radius 1 is 1.70 bits per heavy atom. The standard InChI is InChI=1S/C8H14O2/c1-7(4-5-9)6-8(2)10-3/h4-5,8H,6H2,1-3H3. The van der Waals surface area contributed by atoms with Gasteiger partial charge in [-0.25, -0.2) is 0 Å². The topological polar surface area (TPSA) is 26.3 Å². The molecule has 0 bridgehead atoms. The van der Waals surface area contributed by atoms with Crippen LogP contribution in [0.2, 0.25) is 0 Å². The third-order valence-electron chi connectivity index (χ3n) is 1.36.